The standard InChI is InChI=1S/C15H21NO2/c1-3-15(17)13-7-4-5-8-14(13)16-9-6-10-18-12(2)11-16/h4-5,7-8,12H,3,6,9-11H2,1-2H3. The smallest absolute Gasteiger partial charge is 0.164 e. The van der Waals surface area contributed by atoms with Gasteiger partial charge in [-0.1, -0.05) is 19.1 Å². The van der Waals surface area contributed by atoms with Gasteiger partial charge in [0.15, 0.2) is 5.78 Å². The average Bonchev–Trinajstić information content (AvgIpc) is 2.62. The van der Waals surface area contributed by atoms with Crippen LogP contribution in [0.3, 0.4) is 0 Å². The summed E-state index contributed by atoms with van der Waals surface area (Å²) < 4.78 is 5.65. The summed E-state index contributed by atoms with van der Waals surface area (Å²) in [7, 11) is 0. The van der Waals surface area contributed by atoms with Crippen LogP contribution in [0, 0.1) is 0 Å². The molecule has 0 aromatic heterocycles. The van der Waals surface area contributed by atoms with Crippen LogP contribution < -0.4 is 4.90 Å². The van der Waals surface area contributed by atoms with E-state index in [-0.39, 0.29) is 11.9 Å². The van der Waals surface area contributed by atoms with E-state index in [2.05, 4.69) is 11.8 Å². The molecular weight excluding hydrogens is 226 g/mol. The van der Waals surface area contributed by atoms with Crippen molar-refractivity contribution >= 4 is 11.5 Å². The van der Waals surface area contributed by atoms with E-state index in [9.17, 15) is 4.79 Å². The molecule has 18 heavy (non-hydrogen) atoms. The lowest BCUT2D eigenvalue weighted by Gasteiger charge is -2.26. The highest BCUT2D eigenvalue weighted by Crippen LogP contribution is 2.23. The first-order valence-electron chi connectivity index (χ1n) is 6.71. The Kier molecular flexibility index (Phi) is 4.37. The zero-order chi connectivity index (χ0) is 13.0. The van der Waals surface area contributed by atoms with Gasteiger partial charge in [-0.3, -0.25) is 4.79 Å². The van der Waals surface area contributed by atoms with Crippen molar-refractivity contribution < 1.29 is 9.53 Å². The minimum Gasteiger partial charge on any atom is -0.377 e. The summed E-state index contributed by atoms with van der Waals surface area (Å²) in [6.45, 7) is 6.61. The quantitative estimate of drug-likeness (QED) is 0.769. The molecule has 1 atom stereocenters. The maximum Gasteiger partial charge on any atom is 0.164 e. The fraction of sp³-hybridized carbons (Fsp3) is 0.533. The van der Waals surface area contributed by atoms with Crippen LogP contribution in [0.2, 0.25) is 0 Å². The number of carbonyl (C=O) groups is 1. The Bertz CT molecular complexity index is 417. The number of Topliss-reactive ketones (excluding diaryl/α,β-unsaturated/α-hetero) is 1. The Morgan fingerprint density at radius 2 is 2.22 bits per heavy atom. The summed E-state index contributed by atoms with van der Waals surface area (Å²) >= 11 is 0. The van der Waals surface area contributed by atoms with Crippen molar-refractivity contribution in [3.8, 4) is 0 Å². The second-order valence-electron chi connectivity index (χ2n) is 4.77. The van der Waals surface area contributed by atoms with Gasteiger partial charge in [0.05, 0.1) is 6.10 Å². The summed E-state index contributed by atoms with van der Waals surface area (Å²) in [5, 5.41) is 0. The van der Waals surface area contributed by atoms with Crippen LogP contribution in [0.15, 0.2) is 24.3 Å². The largest absolute Gasteiger partial charge is 0.377 e. The first kappa shape index (κ1) is 13.1. The molecule has 0 bridgehead atoms. The van der Waals surface area contributed by atoms with E-state index in [4.69, 9.17) is 4.74 Å². The summed E-state index contributed by atoms with van der Waals surface area (Å²) in [5.74, 6) is 0.211. The Hall–Kier alpha value is -1.35. The van der Waals surface area contributed by atoms with Gasteiger partial charge in [0.25, 0.3) is 0 Å². The van der Waals surface area contributed by atoms with Crippen molar-refractivity contribution in [2.75, 3.05) is 24.6 Å². The molecule has 1 fully saturated rings. The van der Waals surface area contributed by atoms with Crippen LogP contribution in [0.5, 0.6) is 0 Å². The first-order chi connectivity index (χ1) is 8.72. The van der Waals surface area contributed by atoms with E-state index in [0.717, 1.165) is 37.4 Å². The lowest BCUT2D eigenvalue weighted by Crippen LogP contribution is -2.31. The van der Waals surface area contributed by atoms with E-state index < -0.39 is 0 Å². The number of hydrogen-bond donors (Lipinski definition) is 0. The van der Waals surface area contributed by atoms with Gasteiger partial charge < -0.3 is 9.64 Å². The van der Waals surface area contributed by atoms with Gasteiger partial charge in [0.1, 0.15) is 0 Å². The molecule has 0 radical (unpaired) electrons. The Morgan fingerprint density at radius 3 is 3.00 bits per heavy atom. The van der Waals surface area contributed by atoms with Gasteiger partial charge in [-0.25, -0.2) is 0 Å². The number of anilines is 1. The predicted molar refractivity (Wildman–Crippen MR) is 73.3 cm³/mol. The number of para-hydroxylation sites is 1. The number of carbonyl (C=O) groups excluding carboxylic acids is 1. The van der Waals surface area contributed by atoms with Crippen molar-refractivity contribution in [3.63, 3.8) is 0 Å². The van der Waals surface area contributed by atoms with Crippen LogP contribution in [-0.2, 0) is 4.74 Å². The Balaban J connectivity index is 2.28. The third-order valence-electron chi connectivity index (χ3n) is 3.32. The minimum absolute atomic E-state index is 0.211. The molecule has 0 amide bonds. The van der Waals surface area contributed by atoms with Gasteiger partial charge in [-0.05, 0) is 25.5 Å². The SMILES string of the molecule is CCC(=O)c1ccccc1N1CCCOC(C)C1. The maximum absolute atomic E-state index is 12.0. The molecule has 1 saturated heterocycles. The summed E-state index contributed by atoms with van der Waals surface area (Å²) in [5.41, 5.74) is 1.90. The molecule has 0 N–H and O–H groups in total. The molecule has 1 aliphatic rings. The van der Waals surface area contributed by atoms with Crippen molar-refractivity contribution in [2.24, 2.45) is 0 Å². The van der Waals surface area contributed by atoms with Crippen LogP contribution >= 0.6 is 0 Å². The van der Waals surface area contributed by atoms with Crippen molar-refractivity contribution in [2.45, 2.75) is 32.8 Å². The summed E-state index contributed by atoms with van der Waals surface area (Å²) in [4.78, 5) is 14.3. The van der Waals surface area contributed by atoms with Gasteiger partial charge in [0, 0.05) is 37.4 Å². The monoisotopic (exact) mass is 247 g/mol. The fourth-order valence-corrected chi connectivity index (χ4v) is 2.39. The molecule has 1 aromatic carbocycles. The molecular formula is C15H21NO2. The second kappa shape index (κ2) is 6.01. The van der Waals surface area contributed by atoms with E-state index in [1.165, 1.54) is 0 Å². The van der Waals surface area contributed by atoms with Crippen molar-refractivity contribution in [1.82, 2.24) is 0 Å². The third-order valence-corrected chi connectivity index (χ3v) is 3.32. The molecule has 2 rings (SSSR count). The lowest BCUT2D eigenvalue weighted by atomic mass is 10.1. The topological polar surface area (TPSA) is 29.5 Å². The number of nitrogens with zero attached hydrogens (tertiary/aromatic N) is 1. The van der Waals surface area contributed by atoms with Crippen LogP contribution in [0.25, 0.3) is 0 Å². The van der Waals surface area contributed by atoms with Crippen LogP contribution in [0.4, 0.5) is 5.69 Å². The zero-order valence-corrected chi connectivity index (χ0v) is 11.2. The highest BCUT2D eigenvalue weighted by molar-refractivity contribution is 6.01. The Morgan fingerprint density at radius 1 is 1.44 bits per heavy atom. The highest BCUT2D eigenvalue weighted by Gasteiger charge is 2.19. The number of ether oxygens (including phenoxy) is 1. The lowest BCUT2D eigenvalue weighted by molar-refractivity contribution is 0.0820. The minimum atomic E-state index is 0.211. The molecule has 1 aliphatic heterocycles. The zero-order valence-electron chi connectivity index (χ0n) is 11.2. The van der Waals surface area contributed by atoms with Crippen molar-refractivity contribution in [3.05, 3.63) is 29.8 Å². The van der Waals surface area contributed by atoms with Gasteiger partial charge >= 0.3 is 0 Å². The van der Waals surface area contributed by atoms with E-state index >= 15 is 0 Å². The molecule has 3 nitrogen and oxygen atoms in total. The highest BCUT2D eigenvalue weighted by atomic mass is 16.5. The number of rotatable bonds is 3. The van der Waals surface area contributed by atoms with Crippen LogP contribution in [-0.4, -0.2) is 31.6 Å². The van der Waals surface area contributed by atoms with Gasteiger partial charge in [-0.15, -0.1) is 0 Å². The molecule has 0 aliphatic carbocycles. The van der Waals surface area contributed by atoms with Crippen LogP contribution in [0.1, 0.15) is 37.0 Å². The third kappa shape index (κ3) is 2.91. The number of hydrogen-bond acceptors (Lipinski definition) is 3. The van der Waals surface area contributed by atoms with E-state index in [0.29, 0.717) is 6.42 Å². The Labute approximate surface area is 109 Å². The normalized spacial score (nSPS) is 20.6. The molecule has 3 heteroatoms. The predicted octanol–water partition coefficient (Wildman–Crippen LogP) is 2.89. The molecule has 1 heterocycles. The summed E-state index contributed by atoms with van der Waals surface area (Å²) in [6, 6.07) is 7.90. The average molecular weight is 247 g/mol. The van der Waals surface area contributed by atoms with E-state index in [1.807, 2.05) is 31.2 Å². The van der Waals surface area contributed by atoms with Gasteiger partial charge in [-0.2, -0.15) is 0 Å². The number of ketones is 1. The molecule has 1 aromatic rings. The second-order valence-corrected chi connectivity index (χ2v) is 4.77. The molecule has 0 saturated carbocycles. The van der Waals surface area contributed by atoms with Gasteiger partial charge in [0.2, 0.25) is 0 Å². The first-order valence-corrected chi connectivity index (χ1v) is 6.71. The molecule has 98 valence electrons. The van der Waals surface area contributed by atoms with Crippen molar-refractivity contribution in [1.29, 1.82) is 0 Å². The molecule has 1 unspecified atom stereocenters. The molecule has 0 spiro atoms. The van der Waals surface area contributed by atoms with E-state index in [1.54, 1.807) is 0 Å². The summed E-state index contributed by atoms with van der Waals surface area (Å²) in [6.07, 6.45) is 1.79. The number of benzene rings is 1. The maximum atomic E-state index is 12.0. The fourth-order valence-electron chi connectivity index (χ4n) is 2.39.